The van der Waals surface area contributed by atoms with Crippen LogP contribution in [0.3, 0.4) is 0 Å². The van der Waals surface area contributed by atoms with E-state index in [1.165, 1.54) is 18.3 Å². The van der Waals surface area contributed by atoms with Crippen molar-refractivity contribution in [3.05, 3.63) is 69.3 Å². The Balaban J connectivity index is 2.16. The topological polar surface area (TPSA) is 67.5 Å². The van der Waals surface area contributed by atoms with Crippen LogP contribution >= 0.6 is 0 Å². The quantitative estimate of drug-likeness (QED) is 0.518. The molecule has 0 bridgehead atoms. The van der Waals surface area contributed by atoms with Gasteiger partial charge in [0.1, 0.15) is 5.82 Å². The van der Waals surface area contributed by atoms with Gasteiger partial charge in [0.2, 0.25) is 0 Å². The van der Waals surface area contributed by atoms with E-state index < -0.39 is 16.6 Å². The molecule has 5 nitrogen and oxygen atoms in total. The Hall–Kier alpha value is -2.83. The van der Waals surface area contributed by atoms with Crippen LogP contribution in [0.5, 0.6) is 0 Å². The first-order chi connectivity index (χ1) is 10.5. The number of nitrogens with zero attached hydrogens (tertiary/aromatic N) is 2. The number of hydrogen-bond acceptors (Lipinski definition) is 4. The molecule has 1 N–H and O–H groups in total. The van der Waals surface area contributed by atoms with Crippen LogP contribution in [0.1, 0.15) is 18.1 Å². The second-order valence-corrected chi connectivity index (χ2v) is 4.49. The van der Waals surface area contributed by atoms with Gasteiger partial charge in [-0.3, -0.25) is 15.5 Å². The number of rotatable bonds is 5. The Kier molecular flexibility index (Phi) is 4.77. The van der Waals surface area contributed by atoms with Crippen LogP contribution in [-0.4, -0.2) is 11.1 Å². The summed E-state index contributed by atoms with van der Waals surface area (Å²) in [6, 6.07) is 7.77. The number of nitro benzene ring substituents is 1. The van der Waals surface area contributed by atoms with Crippen molar-refractivity contribution in [2.24, 2.45) is 5.10 Å². The summed E-state index contributed by atoms with van der Waals surface area (Å²) in [4.78, 5) is 10.5. The van der Waals surface area contributed by atoms with E-state index in [9.17, 15) is 18.9 Å². The van der Waals surface area contributed by atoms with Crippen LogP contribution in [0.25, 0.3) is 0 Å². The number of aryl methyl sites for hydroxylation is 1. The van der Waals surface area contributed by atoms with Gasteiger partial charge in [-0.1, -0.05) is 19.1 Å². The van der Waals surface area contributed by atoms with E-state index in [0.717, 1.165) is 12.1 Å². The Morgan fingerprint density at radius 2 is 2.05 bits per heavy atom. The molecule has 0 atom stereocenters. The zero-order valence-electron chi connectivity index (χ0n) is 11.7. The average Bonchev–Trinajstić information content (AvgIpc) is 2.49. The first-order valence-electron chi connectivity index (χ1n) is 6.52. The van der Waals surface area contributed by atoms with Crippen molar-refractivity contribution in [1.82, 2.24) is 0 Å². The molecule has 7 heteroatoms. The Bertz CT molecular complexity index is 733. The monoisotopic (exact) mass is 305 g/mol. The molecule has 0 aliphatic heterocycles. The summed E-state index contributed by atoms with van der Waals surface area (Å²) < 4.78 is 26.1. The van der Waals surface area contributed by atoms with Crippen LogP contribution in [0, 0.1) is 21.7 Å². The van der Waals surface area contributed by atoms with Crippen molar-refractivity contribution in [3.63, 3.8) is 0 Å². The molecule has 2 aromatic rings. The second-order valence-electron chi connectivity index (χ2n) is 4.49. The maximum Gasteiger partial charge on any atom is 0.273 e. The van der Waals surface area contributed by atoms with Gasteiger partial charge in [-0.15, -0.1) is 0 Å². The van der Waals surface area contributed by atoms with Crippen molar-refractivity contribution in [3.8, 4) is 0 Å². The first-order valence-corrected chi connectivity index (χ1v) is 6.52. The molecule has 0 amide bonds. The van der Waals surface area contributed by atoms with E-state index in [-0.39, 0.29) is 11.4 Å². The van der Waals surface area contributed by atoms with Crippen molar-refractivity contribution in [2.75, 3.05) is 5.43 Å². The minimum atomic E-state index is -0.774. The molecule has 0 saturated heterocycles. The predicted molar refractivity (Wildman–Crippen MR) is 80.0 cm³/mol. The maximum atomic E-state index is 13.4. The minimum Gasteiger partial charge on any atom is -0.276 e. The lowest BCUT2D eigenvalue weighted by atomic mass is 10.1. The molecule has 0 heterocycles. The number of halogens is 2. The van der Waals surface area contributed by atoms with E-state index in [4.69, 9.17) is 0 Å². The van der Waals surface area contributed by atoms with Gasteiger partial charge in [0.15, 0.2) is 5.82 Å². The van der Waals surface area contributed by atoms with E-state index in [1.807, 2.05) is 6.92 Å². The number of hydrogen-bond donors (Lipinski definition) is 1. The van der Waals surface area contributed by atoms with Crippen LogP contribution in [0.15, 0.2) is 41.5 Å². The van der Waals surface area contributed by atoms with Gasteiger partial charge < -0.3 is 0 Å². The highest BCUT2D eigenvalue weighted by atomic mass is 19.1. The smallest absolute Gasteiger partial charge is 0.273 e. The van der Waals surface area contributed by atoms with E-state index in [1.54, 1.807) is 12.1 Å². The maximum absolute atomic E-state index is 13.4. The van der Waals surface area contributed by atoms with E-state index >= 15 is 0 Å². The molecule has 2 rings (SSSR count). The zero-order chi connectivity index (χ0) is 16.1. The summed E-state index contributed by atoms with van der Waals surface area (Å²) in [5.74, 6) is -1.46. The van der Waals surface area contributed by atoms with Gasteiger partial charge in [-0.25, -0.2) is 8.78 Å². The Morgan fingerprint density at radius 1 is 1.27 bits per heavy atom. The Labute approximate surface area is 125 Å². The normalized spacial score (nSPS) is 10.9. The highest BCUT2D eigenvalue weighted by Gasteiger charge is 2.12. The molecule has 22 heavy (non-hydrogen) atoms. The SMILES string of the molecule is CCc1ccc(/C=N\Nc2ccc(F)cc2F)cc1[N+](=O)[O-]. The van der Waals surface area contributed by atoms with Crippen LogP contribution in [-0.2, 0) is 6.42 Å². The molecule has 0 saturated carbocycles. The molecule has 0 unspecified atom stereocenters. The Morgan fingerprint density at radius 3 is 2.68 bits per heavy atom. The highest BCUT2D eigenvalue weighted by molar-refractivity contribution is 5.81. The summed E-state index contributed by atoms with van der Waals surface area (Å²) in [6.07, 6.45) is 1.88. The predicted octanol–water partition coefficient (Wildman–Crippen LogP) is 3.88. The van der Waals surface area contributed by atoms with Gasteiger partial charge in [-0.05, 0) is 18.6 Å². The number of nitrogens with one attached hydrogen (secondary N) is 1. The van der Waals surface area contributed by atoms with E-state index in [0.29, 0.717) is 17.5 Å². The molecule has 0 radical (unpaired) electrons. The lowest BCUT2D eigenvalue weighted by Gasteiger charge is -2.03. The number of benzene rings is 2. The summed E-state index contributed by atoms with van der Waals surface area (Å²) in [5.41, 5.74) is 3.57. The van der Waals surface area contributed by atoms with Crippen molar-refractivity contribution < 1.29 is 13.7 Å². The molecular formula is C15H13F2N3O2. The standard InChI is InChI=1S/C15H13F2N3O2/c1-2-11-4-3-10(7-15(11)20(21)22)9-18-19-14-6-5-12(16)8-13(14)17/h3-9,19H,2H2,1H3/b18-9-. The van der Waals surface area contributed by atoms with E-state index in [2.05, 4.69) is 10.5 Å². The second kappa shape index (κ2) is 6.75. The zero-order valence-corrected chi connectivity index (χ0v) is 11.7. The van der Waals surface area contributed by atoms with Crippen molar-refractivity contribution in [1.29, 1.82) is 0 Å². The number of anilines is 1. The van der Waals surface area contributed by atoms with Gasteiger partial charge in [0.25, 0.3) is 5.69 Å². The fourth-order valence-corrected chi connectivity index (χ4v) is 1.89. The largest absolute Gasteiger partial charge is 0.276 e. The number of hydrazone groups is 1. The molecule has 0 aliphatic rings. The highest BCUT2D eigenvalue weighted by Crippen LogP contribution is 2.20. The third-order valence-corrected chi connectivity index (χ3v) is 3.02. The van der Waals surface area contributed by atoms with Crippen molar-refractivity contribution >= 4 is 17.6 Å². The van der Waals surface area contributed by atoms with Gasteiger partial charge in [0.05, 0.1) is 16.8 Å². The summed E-state index contributed by atoms with van der Waals surface area (Å²) in [7, 11) is 0. The molecular weight excluding hydrogens is 292 g/mol. The molecule has 0 spiro atoms. The third kappa shape index (κ3) is 3.63. The lowest BCUT2D eigenvalue weighted by molar-refractivity contribution is -0.385. The van der Waals surface area contributed by atoms with Crippen LogP contribution < -0.4 is 5.43 Å². The molecule has 0 fully saturated rings. The minimum absolute atomic E-state index is 0.0114. The third-order valence-electron chi connectivity index (χ3n) is 3.02. The number of nitro groups is 1. The average molecular weight is 305 g/mol. The van der Waals surface area contributed by atoms with Gasteiger partial charge in [-0.2, -0.15) is 5.10 Å². The van der Waals surface area contributed by atoms with Crippen LogP contribution in [0.2, 0.25) is 0 Å². The fourth-order valence-electron chi connectivity index (χ4n) is 1.89. The molecule has 114 valence electrons. The fraction of sp³-hybridized carbons (Fsp3) is 0.133. The summed E-state index contributed by atoms with van der Waals surface area (Å²) in [5, 5.41) is 14.8. The van der Waals surface area contributed by atoms with Gasteiger partial charge in [0, 0.05) is 23.3 Å². The first kappa shape index (κ1) is 15.6. The molecule has 0 aliphatic carbocycles. The molecule has 0 aromatic heterocycles. The lowest BCUT2D eigenvalue weighted by Crippen LogP contribution is -1.97. The van der Waals surface area contributed by atoms with Crippen molar-refractivity contribution in [2.45, 2.75) is 13.3 Å². The van der Waals surface area contributed by atoms with Crippen LogP contribution in [0.4, 0.5) is 20.2 Å². The molecule has 2 aromatic carbocycles. The summed E-state index contributed by atoms with van der Waals surface area (Å²) >= 11 is 0. The summed E-state index contributed by atoms with van der Waals surface area (Å²) in [6.45, 7) is 1.83. The van der Waals surface area contributed by atoms with Gasteiger partial charge >= 0.3 is 0 Å².